The van der Waals surface area contributed by atoms with Gasteiger partial charge in [-0.15, -0.1) is 11.8 Å². The van der Waals surface area contributed by atoms with Crippen LogP contribution in [0.15, 0.2) is 29.2 Å². The Kier molecular flexibility index (Phi) is 5.82. The number of ether oxygens (including phenoxy) is 1. The van der Waals surface area contributed by atoms with Crippen molar-refractivity contribution in [3.63, 3.8) is 0 Å². The number of carbonyl (C=O) groups is 1. The summed E-state index contributed by atoms with van der Waals surface area (Å²) in [7, 11) is 0. The number of thioether (sulfide) groups is 1. The Bertz CT molecular complexity index is 501. The third-order valence-corrected chi connectivity index (χ3v) is 5.05. The van der Waals surface area contributed by atoms with Crippen LogP contribution in [0.25, 0.3) is 0 Å². The summed E-state index contributed by atoms with van der Waals surface area (Å²) in [4.78, 5) is 15.4. The summed E-state index contributed by atoms with van der Waals surface area (Å²) in [5, 5.41) is 0. The molecule has 5 heteroatoms. The zero-order valence-corrected chi connectivity index (χ0v) is 15.7. The lowest BCUT2D eigenvalue weighted by atomic mass is 10.2. The topological polar surface area (TPSA) is 29.5 Å². The molecule has 1 unspecified atom stereocenters. The quantitative estimate of drug-likeness (QED) is 0.522. The molecule has 1 aromatic carbocycles. The summed E-state index contributed by atoms with van der Waals surface area (Å²) < 4.78 is 6.74. The zero-order chi connectivity index (χ0) is 15.5. The fourth-order valence-corrected chi connectivity index (χ4v) is 4.19. The molecule has 21 heavy (non-hydrogen) atoms. The van der Waals surface area contributed by atoms with Crippen LogP contribution in [-0.4, -0.2) is 34.9 Å². The second-order valence-corrected chi connectivity index (χ2v) is 8.58. The summed E-state index contributed by atoms with van der Waals surface area (Å²) in [6.07, 6.45) is 1.96. The van der Waals surface area contributed by atoms with Gasteiger partial charge in [0.05, 0.1) is 0 Å². The van der Waals surface area contributed by atoms with Crippen LogP contribution in [0.1, 0.15) is 33.6 Å². The first-order chi connectivity index (χ1) is 9.85. The predicted molar refractivity (Wildman–Crippen MR) is 95.8 cm³/mol. The number of benzene rings is 1. The van der Waals surface area contributed by atoms with Gasteiger partial charge in [0.15, 0.2) is 0 Å². The molecule has 0 bridgehead atoms. The van der Waals surface area contributed by atoms with Crippen LogP contribution in [0.4, 0.5) is 4.79 Å². The van der Waals surface area contributed by atoms with Crippen molar-refractivity contribution in [2.24, 2.45) is 0 Å². The van der Waals surface area contributed by atoms with E-state index >= 15 is 0 Å². The van der Waals surface area contributed by atoms with Crippen LogP contribution < -0.4 is 0 Å². The van der Waals surface area contributed by atoms with E-state index in [0.717, 1.165) is 25.1 Å². The van der Waals surface area contributed by atoms with Crippen molar-refractivity contribution in [3.05, 3.63) is 27.8 Å². The standard InChI is InChI=1S/C16H22INO2S/c1-16(2,3)20-15(19)18-9-5-7-13(18)11-21-14-8-4-6-12(17)10-14/h4,6,8,10,13H,5,7,9,11H2,1-3H3. The van der Waals surface area contributed by atoms with Crippen LogP contribution in [0.3, 0.4) is 0 Å². The molecule has 1 aliphatic rings. The highest BCUT2D eigenvalue weighted by atomic mass is 127. The van der Waals surface area contributed by atoms with E-state index in [1.807, 2.05) is 37.4 Å². The predicted octanol–water partition coefficient (Wildman–Crippen LogP) is 4.78. The van der Waals surface area contributed by atoms with Crippen LogP contribution >= 0.6 is 34.4 Å². The highest BCUT2D eigenvalue weighted by molar-refractivity contribution is 14.1. The van der Waals surface area contributed by atoms with E-state index in [0.29, 0.717) is 0 Å². The van der Waals surface area contributed by atoms with Crippen molar-refractivity contribution >= 4 is 40.4 Å². The van der Waals surface area contributed by atoms with Crippen LogP contribution in [0.5, 0.6) is 0 Å². The average Bonchev–Trinajstić information content (AvgIpc) is 2.83. The number of hydrogen-bond donors (Lipinski definition) is 0. The second kappa shape index (κ2) is 7.22. The first kappa shape index (κ1) is 16.9. The Hall–Kier alpha value is -0.430. The van der Waals surface area contributed by atoms with E-state index in [1.54, 1.807) is 0 Å². The maximum Gasteiger partial charge on any atom is 0.410 e. The molecule has 1 amide bonds. The third-order valence-electron chi connectivity index (χ3n) is 3.24. The van der Waals surface area contributed by atoms with Gasteiger partial charge in [0.1, 0.15) is 5.60 Å². The van der Waals surface area contributed by atoms with Crippen molar-refractivity contribution in [2.45, 2.75) is 50.2 Å². The molecule has 1 aromatic rings. The highest BCUT2D eigenvalue weighted by Gasteiger charge is 2.31. The smallest absolute Gasteiger partial charge is 0.410 e. The molecule has 1 heterocycles. The lowest BCUT2D eigenvalue weighted by Gasteiger charge is -2.28. The molecule has 0 aromatic heterocycles. The average molecular weight is 419 g/mol. The van der Waals surface area contributed by atoms with Gasteiger partial charge in [-0.3, -0.25) is 0 Å². The van der Waals surface area contributed by atoms with Gasteiger partial charge < -0.3 is 9.64 Å². The number of halogens is 1. The largest absolute Gasteiger partial charge is 0.444 e. The Balaban J connectivity index is 1.91. The molecule has 0 saturated carbocycles. The van der Waals surface area contributed by atoms with Crippen molar-refractivity contribution in [3.8, 4) is 0 Å². The van der Waals surface area contributed by atoms with Crippen LogP contribution in [-0.2, 0) is 4.74 Å². The summed E-state index contributed by atoms with van der Waals surface area (Å²) >= 11 is 4.14. The van der Waals surface area contributed by atoms with E-state index in [2.05, 4.69) is 46.9 Å². The SMILES string of the molecule is CC(C)(C)OC(=O)N1CCCC1CSc1cccc(I)c1. The highest BCUT2D eigenvalue weighted by Crippen LogP contribution is 2.27. The van der Waals surface area contributed by atoms with E-state index in [-0.39, 0.29) is 12.1 Å². The Morgan fingerprint density at radius 1 is 1.48 bits per heavy atom. The normalized spacial score (nSPS) is 18.9. The first-order valence-electron chi connectivity index (χ1n) is 7.23. The molecular weight excluding hydrogens is 397 g/mol. The number of nitrogens with zero attached hydrogens (tertiary/aromatic N) is 1. The third kappa shape index (κ3) is 5.36. The number of amides is 1. The van der Waals surface area contributed by atoms with Gasteiger partial charge >= 0.3 is 6.09 Å². The lowest BCUT2D eigenvalue weighted by Crippen LogP contribution is -2.40. The van der Waals surface area contributed by atoms with Gasteiger partial charge in [0, 0.05) is 26.8 Å². The maximum absolute atomic E-state index is 12.2. The van der Waals surface area contributed by atoms with Crippen molar-refractivity contribution in [1.82, 2.24) is 4.90 Å². The molecule has 2 rings (SSSR count). The molecule has 116 valence electrons. The minimum absolute atomic E-state index is 0.173. The first-order valence-corrected chi connectivity index (χ1v) is 9.29. The van der Waals surface area contributed by atoms with Crippen LogP contribution in [0.2, 0.25) is 0 Å². The lowest BCUT2D eigenvalue weighted by molar-refractivity contribution is 0.0242. The van der Waals surface area contributed by atoms with Gasteiger partial charge in [0.25, 0.3) is 0 Å². The summed E-state index contributed by atoms with van der Waals surface area (Å²) in [6.45, 7) is 6.55. The molecule has 1 aliphatic heterocycles. The summed E-state index contributed by atoms with van der Waals surface area (Å²) in [5.74, 6) is 0.930. The number of rotatable bonds is 3. The minimum atomic E-state index is -0.424. The molecule has 1 saturated heterocycles. The van der Waals surface area contributed by atoms with Gasteiger partial charge in [0.2, 0.25) is 0 Å². The van der Waals surface area contributed by atoms with Gasteiger partial charge in [-0.25, -0.2) is 4.79 Å². The number of likely N-dealkylation sites (tertiary alicyclic amines) is 1. The maximum atomic E-state index is 12.2. The fourth-order valence-electron chi connectivity index (χ4n) is 2.32. The molecule has 1 atom stereocenters. The summed E-state index contributed by atoms with van der Waals surface area (Å²) in [5.41, 5.74) is -0.424. The van der Waals surface area contributed by atoms with Crippen molar-refractivity contribution < 1.29 is 9.53 Å². The number of hydrogen-bond acceptors (Lipinski definition) is 3. The Labute approximate surface area is 144 Å². The van der Waals surface area contributed by atoms with E-state index in [9.17, 15) is 4.79 Å². The van der Waals surface area contributed by atoms with Gasteiger partial charge in [-0.1, -0.05) is 6.07 Å². The fraction of sp³-hybridized carbons (Fsp3) is 0.562. The van der Waals surface area contributed by atoms with E-state index in [4.69, 9.17) is 4.74 Å². The van der Waals surface area contributed by atoms with Gasteiger partial charge in [-0.2, -0.15) is 0 Å². The van der Waals surface area contributed by atoms with E-state index in [1.165, 1.54) is 8.47 Å². The Morgan fingerprint density at radius 2 is 2.24 bits per heavy atom. The molecule has 1 fully saturated rings. The molecule has 0 N–H and O–H groups in total. The number of carbonyl (C=O) groups excluding carboxylic acids is 1. The van der Waals surface area contributed by atoms with Crippen LogP contribution in [0, 0.1) is 3.57 Å². The molecule has 0 radical (unpaired) electrons. The molecular formula is C16H22INO2S. The zero-order valence-electron chi connectivity index (χ0n) is 12.8. The monoisotopic (exact) mass is 419 g/mol. The minimum Gasteiger partial charge on any atom is -0.444 e. The van der Waals surface area contributed by atoms with Gasteiger partial charge in [-0.05, 0) is 74.4 Å². The van der Waals surface area contributed by atoms with Crippen molar-refractivity contribution in [2.75, 3.05) is 12.3 Å². The Morgan fingerprint density at radius 3 is 2.90 bits per heavy atom. The molecule has 0 spiro atoms. The van der Waals surface area contributed by atoms with Crippen molar-refractivity contribution in [1.29, 1.82) is 0 Å². The second-order valence-electron chi connectivity index (χ2n) is 6.24. The molecule has 0 aliphatic carbocycles. The summed E-state index contributed by atoms with van der Waals surface area (Å²) in [6, 6.07) is 8.75. The van der Waals surface area contributed by atoms with E-state index < -0.39 is 5.60 Å². The molecule has 3 nitrogen and oxygen atoms in total.